The molecule has 1 aromatic carbocycles. The summed E-state index contributed by atoms with van der Waals surface area (Å²) >= 11 is 6.00. The van der Waals surface area contributed by atoms with E-state index in [0.29, 0.717) is 16.6 Å². The normalized spacial score (nSPS) is 12.2. The van der Waals surface area contributed by atoms with Crippen molar-refractivity contribution in [3.05, 3.63) is 52.4 Å². The van der Waals surface area contributed by atoms with Crippen molar-refractivity contribution in [2.24, 2.45) is 5.73 Å². The van der Waals surface area contributed by atoms with Crippen molar-refractivity contribution in [2.75, 3.05) is 7.11 Å². The Labute approximate surface area is 111 Å². The van der Waals surface area contributed by atoms with Gasteiger partial charge in [-0.05, 0) is 30.2 Å². The highest BCUT2D eigenvalue weighted by molar-refractivity contribution is 6.30. The quantitative estimate of drug-likeness (QED) is 0.924. The molecule has 1 heterocycles. The molecule has 0 spiro atoms. The van der Waals surface area contributed by atoms with Gasteiger partial charge in [0, 0.05) is 17.4 Å². The number of aryl methyl sites for hydroxylation is 1. The third-order valence-corrected chi connectivity index (χ3v) is 2.99. The second-order valence-corrected chi connectivity index (χ2v) is 4.37. The van der Waals surface area contributed by atoms with Gasteiger partial charge in [-0.25, -0.2) is 4.98 Å². The van der Waals surface area contributed by atoms with Crippen LogP contribution in [-0.2, 0) is 0 Å². The summed E-state index contributed by atoms with van der Waals surface area (Å²) in [5.74, 6) is 0.435. The first kappa shape index (κ1) is 12.8. The summed E-state index contributed by atoms with van der Waals surface area (Å²) in [7, 11) is 1.55. The summed E-state index contributed by atoms with van der Waals surface area (Å²) < 4.78 is 5.17. The maximum atomic E-state index is 6.22. The summed E-state index contributed by atoms with van der Waals surface area (Å²) in [4.78, 5) is 8.34. The molecule has 0 aliphatic carbocycles. The van der Waals surface area contributed by atoms with Crippen molar-refractivity contribution in [3.63, 3.8) is 0 Å². The van der Waals surface area contributed by atoms with Crippen molar-refractivity contribution in [1.29, 1.82) is 0 Å². The Morgan fingerprint density at radius 1 is 1.28 bits per heavy atom. The number of hydrogen-bond acceptors (Lipinski definition) is 4. The van der Waals surface area contributed by atoms with Crippen LogP contribution in [0.2, 0.25) is 5.02 Å². The largest absolute Gasteiger partial charge is 0.480 e. The van der Waals surface area contributed by atoms with Crippen molar-refractivity contribution < 1.29 is 4.74 Å². The molecule has 0 bridgehead atoms. The van der Waals surface area contributed by atoms with Crippen molar-refractivity contribution in [3.8, 4) is 5.88 Å². The highest BCUT2D eigenvalue weighted by Crippen LogP contribution is 2.28. The average molecular weight is 264 g/mol. The van der Waals surface area contributed by atoms with E-state index in [1.165, 1.54) is 0 Å². The topological polar surface area (TPSA) is 61.0 Å². The van der Waals surface area contributed by atoms with Crippen LogP contribution in [0.4, 0.5) is 0 Å². The molecule has 4 nitrogen and oxygen atoms in total. The molecule has 0 aliphatic rings. The number of ether oxygens (including phenoxy) is 1. The predicted octanol–water partition coefficient (Wildman–Crippen LogP) is 2.50. The van der Waals surface area contributed by atoms with E-state index in [9.17, 15) is 0 Å². The van der Waals surface area contributed by atoms with Gasteiger partial charge in [0.15, 0.2) is 0 Å². The molecule has 1 atom stereocenters. The Morgan fingerprint density at radius 3 is 2.72 bits per heavy atom. The summed E-state index contributed by atoms with van der Waals surface area (Å²) in [5.41, 5.74) is 8.80. The number of hydrogen-bond donors (Lipinski definition) is 1. The molecule has 18 heavy (non-hydrogen) atoms. The van der Waals surface area contributed by atoms with Crippen LogP contribution < -0.4 is 10.5 Å². The Hall–Kier alpha value is -1.65. The molecular weight excluding hydrogens is 250 g/mol. The smallest absolute Gasteiger partial charge is 0.237 e. The van der Waals surface area contributed by atoms with Gasteiger partial charge in [-0.3, -0.25) is 4.98 Å². The highest BCUT2D eigenvalue weighted by atomic mass is 35.5. The fourth-order valence-electron chi connectivity index (χ4n) is 1.80. The number of aromatic nitrogens is 2. The van der Waals surface area contributed by atoms with Crippen LogP contribution in [-0.4, -0.2) is 17.1 Å². The van der Waals surface area contributed by atoms with E-state index >= 15 is 0 Å². The summed E-state index contributed by atoms with van der Waals surface area (Å²) in [6.45, 7) is 1.98. The van der Waals surface area contributed by atoms with Crippen LogP contribution in [0.3, 0.4) is 0 Å². The van der Waals surface area contributed by atoms with Gasteiger partial charge < -0.3 is 10.5 Å². The Kier molecular flexibility index (Phi) is 3.79. The Balaban J connectivity index is 2.47. The lowest BCUT2D eigenvalue weighted by Crippen LogP contribution is -2.16. The molecular formula is C13H14ClN3O. The first-order valence-corrected chi connectivity index (χ1v) is 5.87. The minimum absolute atomic E-state index is 0.410. The van der Waals surface area contributed by atoms with E-state index < -0.39 is 6.04 Å². The van der Waals surface area contributed by atoms with Gasteiger partial charge >= 0.3 is 0 Å². The fourth-order valence-corrected chi connectivity index (χ4v) is 1.98. The molecule has 5 heteroatoms. The lowest BCUT2D eigenvalue weighted by Gasteiger charge is -2.16. The molecule has 1 aromatic heterocycles. The molecule has 0 amide bonds. The van der Waals surface area contributed by atoms with E-state index in [1.54, 1.807) is 19.5 Å². The van der Waals surface area contributed by atoms with E-state index in [2.05, 4.69) is 9.97 Å². The molecule has 1 unspecified atom stereocenters. The number of rotatable bonds is 3. The monoisotopic (exact) mass is 263 g/mol. The SMILES string of the molecule is COc1nccnc1C(N)c1cc(Cl)ccc1C. The number of nitrogens with two attached hydrogens (primary N) is 1. The molecule has 94 valence electrons. The minimum atomic E-state index is -0.410. The Bertz CT molecular complexity index is 560. The van der Waals surface area contributed by atoms with Crippen molar-refractivity contribution >= 4 is 11.6 Å². The maximum Gasteiger partial charge on any atom is 0.237 e. The van der Waals surface area contributed by atoms with Crippen LogP contribution in [0.1, 0.15) is 22.9 Å². The third-order valence-electron chi connectivity index (χ3n) is 2.76. The van der Waals surface area contributed by atoms with Gasteiger partial charge in [-0.2, -0.15) is 0 Å². The molecule has 0 saturated carbocycles. The lowest BCUT2D eigenvalue weighted by atomic mass is 9.99. The molecule has 2 N–H and O–H groups in total. The van der Waals surface area contributed by atoms with E-state index in [4.69, 9.17) is 22.1 Å². The fraction of sp³-hybridized carbons (Fsp3) is 0.231. The minimum Gasteiger partial charge on any atom is -0.480 e. The van der Waals surface area contributed by atoms with Crippen LogP contribution in [0.5, 0.6) is 5.88 Å². The number of nitrogens with zero attached hydrogens (tertiary/aromatic N) is 2. The van der Waals surface area contributed by atoms with E-state index in [-0.39, 0.29) is 0 Å². The number of halogens is 1. The summed E-state index contributed by atoms with van der Waals surface area (Å²) in [6.07, 6.45) is 3.16. The zero-order valence-electron chi connectivity index (χ0n) is 10.2. The summed E-state index contributed by atoms with van der Waals surface area (Å²) in [6, 6.07) is 5.20. The zero-order chi connectivity index (χ0) is 13.1. The number of benzene rings is 1. The van der Waals surface area contributed by atoms with Gasteiger partial charge in [0.25, 0.3) is 0 Å². The van der Waals surface area contributed by atoms with Gasteiger partial charge in [0.1, 0.15) is 5.69 Å². The molecule has 0 fully saturated rings. The second kappa shape index (κ2) is 5.33. The molecule has 0 radical (unpaired) electrons. The van der Waals surface area contributed by atoms with Crippen LogP contribution in [0, 0.1) is 6.92 Å². The van der Waals surface area contributed by atoms with Gasteiger partial charge in [-0.1, -0.05) is 17.7 Å². The van der Waals surface area contributed by atoms with E-state index in [0.717, 1.165) is 11.1 Å². The first-order valence-electron chi connectivity index (χ1n) is 5.50. The lowest BCUT2D eigenvalue weighted by molar-refractivity contribution is 0.387. The standard InChI is InChI=1S/C13H14ClN3O/c1-8-3-4-9(14)7-10(8)11(15)12-13(18-2)17-6-5-16-12/h3-7,11H,15H2,1-2H3. The molecule has 2 aromatic rings. The van der Waals surface area contributed by atoms with E-state index in [1.807, 2.05) is 25.1 Å². The third kappa shape index (κ3) is 2.44. The molecule has 2 rings (SSSR count). The van der Waals surface area contributed by atoms with Crippen LogP contribution in [0.25, 0.3) is 0 Å². The van der Waals surface area contributed by atoms with Gasteiger partial charge in [0.05, 0.1) is 13.2 Å². The predicted molar refractivity (Wildman–Crippen MR) is 70.8 cm³/mol. The Morgan fingerprint density at radius 2 is 2.00 bits per heavy atom. The summed E-state index contributed by atoms with van der Waals surface area (Å²) in [5, 5.41) is 0.647. The zero-order valence-corrected chi connectivity index (χ0v) is 11.0. The van der Waals surface area contributed by atoms with Crippen LogP contribution in [0.15, 0.2) is 30.6 Å². The van der Waals surface area contributed by atoms with Crippen molar-refractivity contribution in [2.45, 2.75) is 13.0 Å². The molecule has 0 saturated heterocycles. The average Bonchev–Trinajstić information content (AvgIpc) is 2.40. The highest BCUT2D eigenvalue weighted by Gasteiger charge is 2.18. The first-order chi connectivity index (χ1) is 8.63. The van der Waals surface area contributed by atoms with Crippen LogP contribution >= 0.6 is 11.6 Å². The maximum absolute atomic E-state index is 6.22. The second-order valence-electron chi connectivity index (χ2n) is 3.93. The molecule has 0 aliphatic heterocycles. The van der Waals surface area contributed by atoms with Crippen molar-refractivity contribution in [1.82, 2.24) is 9.97 Å². The van der Waals surface area contributed by atoms with Gasteiger partial charge in [-0.15, -0.1) is 0 Å². The van der Waals surface area contributed by atoms with Gasteiger partial charge in [0.2, 0.25) is 5.88 Å². The number of methoxy groups -OCH3 is 1.